The average Bonchev–Trinajstić information content (AvgIpc) is 3.00. The fourth-order valence-electron chi connectivity index (χ4n) is 1.80. The van der Waals surface area contributed by atoms with Crippen molar-refractivity contribution in [3.63, 3.8) is 0 Å². The van der Waals surface area contributed by atoms with Crippen LogP contribution < -0.4 is 4.74 Å². The van der Waals surface area contributed by atoms with Crippen molar-refractivity contribution in [2.75, 3.05) is 0 Å². The zero-order valence-electron chi connectivity index (χ0n) is 11.0. The van der Waals surface area contributed by atoms with Crippen LogP contribution in [0.25, 0.3) is 11.3 Å². The van der Waals surface area contributed by atoms with Crippen LogP contribution in [0.2, 0.25) is 0 Å². The van der Waals surface area contributed by atoms with Crippen LogP contribution in [-0.4, -0.2) is 9.97 Å². The molecule has 0 amide bonds. The van der Waals surface area contributed by atoms with Crippen LogP contribution in [0.15, 0.2) is 53.4 Å². The Morgan fingerprint density at radius 2 is 1.77 bits per heavy atom. The number of benzene rings is 1. The highest BCUT2D eigenvalue weighted by Crippen LogP contribution is 2.31. The van der Waals surface area contributed by atoms with E-state index in [1.165, 1.54) is 29.7 Å². The molecule has 7 heteroatoms. The second-order valence-corrected chi connectivity index (χ2v) is 5.14. The molecular weight excluding hydrogens is 313 g/mol. The van der Waals surface area contributed by atoms with Gasteiger partial charge >= 0.3 is 12.2 Å². The maximum absolute atomic E-state index is 12.6. The van der Waals surface area contributed by atoms with E-state index in [4.69, 9.17) is 4.74 Å². The Kier molecular flexibility index (Phi) is 3.81. The number of rotatable bonds is 3. The minimum absolute atomic E-state index is 0.149. The first-order chi connectivity index (χ1) is 10.5. The predicted molar refractivity (Wildman–Crippen MR) is 76.9 cm³/mol. The highest BCUT2D eigenvalue weighted by molar-refractivity contribution is 7.08. The standard InChI is InChI=1S/C15H9F3N2OS/c16-15(17,18)11-3-1-10(2-4-11)13-5-7-19-14(20-13)21-12-6-8-22-9-12/h1-9H. The first-order valence-electron chi connectivity index (χ1n) is 6.23. The summed E-state index contributed by atoms with van der Waals surface area (Å²) in [5.74, 6) is 0.620. The van der Waals surface area contributed by atoms with E-state index in [0.717, 1.165) is 12.1 Å². The second kappa shape index (κ2) is 5.76. The molecule has 0 spiro atoms. The molecule has 0 fully saturated rings. The third-order valence-electron chi connectivity index (χ3n) is 2.85. The van der Waals surface area contributed by atoms with Crippen molar-refractivity contribution in [1.82, 2.24) is 9.97 Å². The van der Waals surface area contributed by atoms with E-state index in [9.17, 15) is 13.2 Å². The van der Waals surface area contributed by atoms with Gasteiger partial charge in [-0.1, -0.05) is 12.1 Å². The number of aromatic nitrogens is 2. The number of nitrogens with zero attached hydrogens (tertiary/aromatic N) is 2. The third kappa shape index (κ3) is 3.25. The molecular formula is C15H9F3N2OS. The Hall–Kier alpha value is -2.41. The Morgan fingerprint density at radius 1 is 1.00 bits per heavy atom. The van der Waals surface area contributed by atoms with Gasteiger partial charge in [0, 0.05) is 17.1 Å². The van der Waals surface area contributed by atoms with Crippen molar-refractivity contribution in [3.8, 4) is 23.0 Å². The molecule has 0 radical (unpaired) electrons. The van der Waals surface area contributed by atoms with Gasteiger partial charge < -0.3 is 4.74 Å². The molecule has 0 N–H and O–H groups in total. The van der Waals surface area contributed by atoms with Gasteiger partial charge in [-0.05, 0) is 29.6 Å². The average molecular weight is 322 g/mol. The van der Waals surface area contributed by atoms with Crippen LogP contribution in [-0.2, 0) is 6.18 Å². The summed E-state index contributed by atoms with van der Waals surface area (Å²) in [5, 5.41) is 3.66. The lowest BCUT2D eigenvalue weighted by Crippen LogP contribution is -2.04. The number of ether oxygens (including phenoxy) is 1. The van der Waals surface area contributed by atoms with Gasteiger partial charge in [0.1, 0.15) is 5.75 Å². The molecule has 0 aliphatic rings. The van der Waals surface area contributed by atoms with E-state index in [1.54, 1.807) is 17.5 Å². The molecule has 3 nitrogen and oxygen atoms in total. The van der Waals surface area contributed by atoms with Crippen LogP contribution in [0.5, 0.6) is 11.8 Å². The lowest BCUT2D eigenvalue weighted by molar-refractivity contribution is -0.137. The van der Waals surface area contributed by atoms with Crippen LogP contribution in [0.4, 0.5) is 13.2 Å². The monoisotopic (exact) mass is 322 g/mol. The summed E-state index contributed by atoms with van der Waals surface area (Å²) >= 11 is 1.48. The summed E-state index contributed by atoms with van der Waals surface area (Å²) in [6.07, 6.45) is -2.85. The van der Waals surface area contributed by atoms with E-state index in [1.807, 2.05) is 5.38 Å². The molecule has 22 heavy (non-hydrogen) atoms. The van der Waals surface area contributed by atoms with Gasteiger partial charge in [0.25, 0.3) is 0 Å². The van der Waals surface area contributed by atoms with Gasteiger partial charge in [-0.3, -0.25) is 0 Å². The molecule has 0 saturated heterocycles. The third-order valence-corrected chi connectivity index (χ3v) is 3.51. The lowest BCUT2D eigenvalue weighted by atomic mass is 10.1. The molecule has 3 rings (SSSR count). The van der Waals surface area contributed by atoms with Gasteiger partial charge in [-0.25, -0.2) is 4.98 Å². The Morgan fingerprint density at radius 3 is 2.41 bits per heavy atom. The van der Waals surface area contributed by atoms with E-state index in [-0.39, 0.29) is 6.01 Å². The van der Waals surface area contributed by atoms with Crippen molar-refractivity contribution >= 4 is 11.3 Å². The van der Waals surface area contributed by atoms with Crippen molar-refractivity contribution in [3.05, 3.63) is 58.9 Å². The quantitative estimate of drug-likeness (QED) is 0.679. The number of hydrogen-bond donors (Lipinski definition) is 0. The molecule has 0 saturated carbocycles. The van der Waals surface area contributed by atoms with E-state index in [2.05, 4.69) is 9.97 Å². The maximum Gasteiger partial charge on any atom is 0.416 e. The summed E-state index contributed by atoms with van der Waals surface area (Å²) < 4.78 is 43.1. The highest BCUT2D eigenvalue weighted by atomic mass is 32.1. The fourth-order valence-corrected chi connectivity index (χ4v) is 2.35. The zero-order chi connectivity index (χ0) is 15.6. The smallest absolute Gasteiger partial charge is 0.416 e. The van der Waals surface area contributed by atoms with Crippen molar-refractivity contribution < 1.29 is 17.9 Å². The van der Waals surface area contributed by atoms with Crippen LogP contribution in [0, 0.1) is 0 Å². The van der Waals surface area contributed by atoms with Crippen molar-refractivity contribution in [2.24, 2.45) is 0 Å². The highest BCUT2D eigenvalue weighted by Gasteiger charge is 2.30. The molecule has 0 unspecified atom stereocenters. The lowest BCUT2D eigenvalue weighted by Gasteiger charge is -2.08. The molecule has 2 aromatic heterocycles. The molecule has 1 aromatic carbocycles. The van der Waals surface area contributed by atoms with Gasteiger partial charge in [0.2, 0.25) is 0 Å². The van der Waals surface area contributed by atoms with Gasteiger partial charge in [-0.15, -0.1) is 11.3 Å². The number of halogens is 3. The summed E-state index contributed by atoms with van der Waals surface area (Å²) in [4.78, 5) is 8.19. The first kappa shape index (κ1) is 14.5. The van der Waals surface area contributed by atoms with Crippen molar-refractivity contribution in [1.29, 1.82) is 0 Å². The zero-order valence-corrected chi connectivity index (χ0v) is 11.9. The Bertz CT molecular complexity index is 755. The predicted octanol–water partition coefficient (Wildman–Crippen LogP) is 5.02. The first-order valence-corrected chi connectivity index (χ1v) is 7.17. The maximum atomic E-state index is 12.6. The summed E-state index contributed by atoms with van der Waals surface area (Å²) in [5.41, 5.74) is 0.361. The molecule has 0 aliphatic carbocycles. The Labute approximate surface area is 128 Å². The summed E-state index contributed by atoms with van der Waals surface area (Å²) in [6.45, 7) is 0. The number of hydrogen-bond acceptors (Lipinski definition) is 4. The van der Waals surface area contributed by atoms with E-state index in [0.29, 0.717) is 17.0 Å². The SMILES string of the molecule is FC(F)(F)c1ccc(-c2ccnc(Oc3ccsc3)n2)cc1. The molecule has 112 valence electrons. The van der Waals surface area contributed by atoms with Gasteiger partial charge in [0.15, 0.2) is 0 Å². The van der Waals surface area contributed by atoms with Crippen molar-refractivity contribution in [2.45, 2.75) is 6.18 Å². The normalized spacial score (nSPS) is 11.4. The van der Waals surface area contributed by atoms with E-state index >= 15 is 0 Å². The topological polar surface area (TPSA) is 35.0 Å². The number of thiophene rings is 1. The van der Waals surface area contributed by atoms with Gasteiger partial charge in [-0.2, -0.15) is 18.2 Å². The van der Waals surface area contributed by atoms with Crippen LogP contribution >= 0.6 is 11.3 Å². The molecule has 3 aromatic rings. The molecule has 0 atom stereocenters. The number of alkyl halides is 3. The second-order valence-electron chi connectivity index (χ2n) is 4.36. The Balaban J connectivity index is 1.85. The molecule has 0 bridgehead atoms. The van der Waals surface area contributed by atoms with Crippen LogP contribution in [0.3, 0.4) is 0 Å². The largest absolute Gasteiger partial charge is 0.423 e. The fraction of sp³-hybridized carbons (Fsp3) is 0.0667. The minimum atomic E-state index is -4.35. The summed E-state index contributed by atoms with van der Waals surface area (Å²) in [6, 6.07) is 8.34. The van der Waals surface area contributed by atoms with Crippen LogP contribution in [0.1, 0.15) is 5.56 Å². The molecule has 2 heterocycles. The molecule has 0 aliphatic heterocycles. The van der Waals surface area contributed by atoms with Gasteiger partial charge in [0.05, 0.1) is 11.3 Å². The van der Waals surface area contributed by atoms with E-state index < -0.39 is 11.7 Å². The summed E-state index contributed by atoms with van der Waals surface area (Å²) in [7, 11) is 0. The minimum Gasteiger partial charge on any atom is -0.423 e.